The van der Waals surface area contributed by atoms with E-state index in [1.165, 1.54) is 25.7 Å². The maximum absolute atomic E-state index is 2.23. The van der Waals surface area contributed by atoms with Crippen LogP contribution in [0.1, 0.15) is 25.7 Å². The van der Waals surface area contributed by atoms with Gasteiger partial charge < -0.3 is 0 Å². The molecule has 0 saturated carbocycles. The molecule has 0 unspecified atom stereocenters. The van der Waals surface area contributed by atoms with E-state index in [2.05, 4.69) is 24.3 Å². The topological polar surface area (TPSA) is 0 Å². The fourth-order valence-corrected chi connectivity index (χ4v) is 0.874. The second-order valence-corrected chi connectivity index (χ2v) is 2.14. The summed E-state index contributed by atoms with van der Waals surface area (Å²) in [6, 6.07) is 0. The van der Waals surface area contributed by atoms with Crippen LogP contribution in [0.15, 0.2) is 24.3 Å². The van der Waals surface area contributed by atoms with Crippen molar-refractivity contribution in [2.75, 3.05) is 0 Å². The van der Waals surface area contributed by atoms with Gasteiger partial charge in [0.25, 0.3) is 0 Å². The molecule has 0 radical (unpaired) electrons. The number of hydrogen-bond donors (Lipinski definition) is 0. The van der Waals surface area contributed by atoms with Gasteiger partial charge in [-0.05, 0) is 25.7 Å². The van der Waals surface area contributed by atoms with Crippen molar-refractivity contribution in [3.63, 3.8) is 0 Å². The van der Waals surface area contributed by atoms with Gasteiger partial charge in [0.2, 0.25) is 0 Å². The molecule has 0 aromatic rings. The standard InChI is InChI=1S/C8H12.Ru/c1-2-4-6-8-7-5-3-1;/h1-4H,5-8H2;. The van der Waals surface area contributed by atoms with Crippen molar-refractivity contribution in [1.29, 1.82) is 0 Å². The predicted octanol–water partition coefficient (Wildman–Crippen LogP) is 2.67. The molecule has 0 aliphatic heterocycles. The first kappa shape index (κ1) is 9.10. The molecule has 1 aliphatic carbocycles. The molecule has 0 bridgehead atoms. The average Bonchev–Trinajstić information content (AvgIpc) is 1.62. The molecule has 1 rings (SSSR count). The van der Waals surface area contributed by atoms with E-state index in [0.29, 0.717) is 0 Å². The smallest absolute Gasteiger partial charge is 0 e. The van der Waals surface area contributed by atoms with E-state index in [1.54, 1.807) is 0 Å². The minimum Gasteiger partial charge on any atom is -0.0845 e. The first-order valence-electron chi connectivity index (χ1n) is 3.32. The van der Waals surface area contributed by atoms with Gasteiger partial charge in [0.15, 0.2) is 0 Å². The van der Waals surface area contributed by atoms with E-state index in [1.807, 2.05) is 0 Å². The zero-order valence-corrected chi connectivity index (χ0v) is 7.23. The molecule has 1 aliphatic rings. The van der Waals surface area contributed by atoms with Crippen LogP contribution in [0.3, 0.4) is 0 Å². The Hall–Kier alpha value is 0.103. The van der Waals surface area contributed by atoms with E-state index < -0.39 is 0 Å². The third kappa shape index (κ3) is 4.60. The van der Waals surface area contributed by atoms with Gasteiger partial charge in [0.1, 0.15) is 0 Å². The Morgan fingerprint density at radius 2 is 1.22 bits per heavy atom. The van der Waals surface area contributed by atoms with Crippen LogP contribution < -0.4 is 0 Å². The molecule has 0 saturated heterocycles. The van der Waals surface area contributed by atoms with Crippen LogP contribution in [0.5, 0.6) is 0 Å². The Bertz CT molecular complexity index is 89.1. The molecular formula is C8H12Ru. The Labute approximate surface area is 69.8 Å². The van der Waals surface area contributed by atoms with Crippen LogP contribution in [0.4, 0.5) is 0 Å². The number of hydrogen-bond acceptors (Lipinski definition) is 0. The second-order valence-electron chi connectivity index (χ2n) is 2.14. The van der Waals surface area contributed by atoms with Crippen LogP contribution >= 0.6 is 0 Å². The molecule has 0 N–H and O–H groups in total. The summed E-state index contributed by atoms with van der Waals surface area (Å²) in [5.74, 6) is 0. The van der Waals surface area contributed by atoms with Crippen molar-refractivity contribution < 1.29 is 19.5 Å². The van der Waals surface area contributed by atoms with E-state index in [9.17, 15) is 0 Å². The van der Waals surface area contributed by atoms with Crippen molar-refractivity contribution in [2.45, 2.75) is 25.7 Å². The van der Waals surface area contributed by atoms with E-state index in [0.717, 1.165) is 0 Å². The molecular weight excluding hydrogens is 197 g/mol. The first-order valence-corrected chi connectivity index (χ1v) is 3.32. The van der Waals surface area contributed by atoms with Gasteiger partial charge >= 0.3 is 0 Å². The summed E-state index contributed by atoms with van der Waals surface area (Å²) in [6.45, 7) is 0. The Morgan fingerprint density at radius 1 is 0.778 bits per heavy atom. The molecule has 0 heterocycles. The van der Waals surface area contributed by atoms with Crippen LogP contribution in [0.25, 0.3) is 0 Å². The summed E-state index contributed by atoms with van der Waals surface area (Å²) < 4.78 is 0. The van der Waals surface area contributed by atoms with Gasteiger partial charge in [-0.1, -0.05) is 24.3 Å². The summed E-state index contributed by atoms with van der Waals surface area (Å²) in [7, 11) is 0. The molecule has 0 aromatic heterocycles. The van der Waals surface area contributed by atoms with E-state index >= 15 is 0 Å². The third-order valence-electron chi connectivity index (χ3n) is 1.37. The summed E-state index contributed by atoms with van der Waals surface area (Å²) in [5, 5.41) is 0. The third-order valence-corrected chi connectivity index (χ3v) is 1.37. The van der Waals surface area contributed by atoms with Crippen LogP contribution in [-0.2, 0) is 19.5 Å². The Balaban J connectivity index is 0.000000640. The minimum atomic E-state index is 0. The van der Waals surface area contributed by atoms with Gasteiger partial charge in [-0.3, -0.25) is 0 Å². The second kappa shape index (κ2) is 6.23. The van der Waals surface area contributed by atoms with E-state index in [4.69, 9.17) is 0 Å². The molecule has 0 spiro atoms. The van der Waals surface area contributed by atoms with Gasteiger partial charge in [-0.15, -0.1) is 0 Å². The minimum absolute atomic E-state index is 0. The largest absolute Gasteiger partial charge is 0.0845 e. The number of rotatable bonds is 0. The van der Waals surface area contributed by atoms with E-state index in [-0.39, 0.29) is 19.5 Å². The summed E-state index contributed by atoms with van der Waals surface area (Å²) >= 11 is 0. The predicted molar refractivity (Wildman–Crippen MR) is 36.7 cm³/mol. The fraction of sp³-hybridized carbons (Fsp3) is 0.500. The summed E-state index contributed by atoms with van der Waals surface area (Å²) in [4.78, 5) is 0. The monoisotopic (exact) mass is 210 g/mol. The van der Waals surface area contributed by atoms with Gasteiger partial charge in [0, 0.05) is 19.5 Å². The molecule has 52 valence electrons. The summed E-state index contributed by atoms with van der Waals surface area (Å²) in [6.07, 6.45) is 14.0. The maximum atomic E-state index is 2.23. The molecule has 9 heavy (non-hydrogen) atoms. The van der Waals surface area contributed by atoms with Crippen molar-refractivity contribution in [2.24, 2.45) is 0 Å². The van der Waals surface area contributed by atoms with Crippen molar-refractivity contribution >= 4 is 0 Å². The number of allylic oxidation sites excluding steroid dienone is 4. The first-order chi connectivity index (χ1) is 4.00. The normalized spacial score (nSPS) is 17.8. The van der Waals surface area contributed by atoms with Crippen LogP contribution in [-0.4, -0.2) is 0 Å². The average molecular weight is 209 g/mol. The Kier molecular flexibility index (Phi) is 6.30. The molecule has 1 heteroatoms. The van der Waals surface area contributed by atoms with Gasteiger partial charge in [-0.2, -0.15) is 0 Å². The molecule has 0 fully saturated rings. The maximum Gasteiger partial charge on any atom is 0 e. The fourth-order valence-electron chi connectivity index (χ4n) is 0.874. The van der Waals surface area contributed by atoms with Crippen molar-refractivity contribution in [3.8, 4) is 0 Å². The Morgan fingerprint density at radius 3 is 1.67 bits per heavy atom. The van der Waals surface area contributed by atoms with Crippen LogP contribution in [0, 0.1) is 0 Å². The SMILES string of the molecule is C1=CCCCCC=C1.[Ru]. The molecule has 0 atom stereocenters. The van der Waals surface area contributed by atoms with Gasteiger partial charge in [-0.25, -0.2) is 0 Å². The van der Waals surface area contributed by atoms with Gasteiger partial charge in [0.05, 0.1) is 0 Å². The zero-order chi connectivity index (χ0) is 5.66. The quantitative estimate of drug-likeness (QED) is 0.538. The van der Waals surface area contributed by atoms with Crippen LogP contribution in [0.2, 0.25) is 0 Å². The molecule has 0 aromatic carbocycles. The zero-order valence-electron chi connectivity index (χ0n) is 5.49. The van der Waals surface area contributed by atoms with Crippen molar-refractivity contribution in [1.82, 2.24) is 0 Å². The van der Waals surface area contributed by atoms with Crippen molar-refractivity contribution in [3.05, 3.63) is 24.3 Å². The molecule has 0 amide bonds. The summed E-state index contributed by atoms with van der Waals surface area (Å²) in [5.41, 5.74) is 0. The molecule has 0 nitrogen and oxygen atoms in total.